The van der Waals surface area contributed by atoms with Crippen molar-refractivity contribution < 1.29 is 22.6 Å². The summed E-state index contributed by atoms with van der Waals surface area (Å²) in [4.78, 5) is 0.948. The minimum Gasteiger partial charge on any atom is -0.491 e. The zero-order valence-corrected chi connectivity index (χ0v) is 15.1. The molecule has 7 heteroatoms. The molecule has 1 atom stereocenters. The van der Waals surface area contributed by atoms with E-state index in [1.54, 1.807) is 11.8 Å². The lowest BCUT2D eigenvalue weighted by Gasteiger charge is -2.18. The molecule has 0 aliphatic rings. The Morgan fingerprint density at radius 1 is 1.08 bits per heavy atom. The molecule has 1 unspecified atom stereocenters. The topological polar surface area (TPSA) is 18.5 Å². The second-order valence-electron chi connectivity index (χ2n) is 5.15. The van der Waals surface area contributed by atoms with Gasteiger partial charge in [-0.15, -0.1) is 11.8 Å². The van der Waals surface area contributed by atoms with Crippen LogP contribution in [-0.4, -0.2) is 25.1 Å². The van der Waals surface area contributed by atoms with Crippen LogP contribution in [0.2, 0.25) is 5.02 Å². The summed E-state index contributed by atoms with van der Waals surface area (Å²) >= 11 is 7.67. The van der Waals surface area contributed by atoms with Gasteiger partial charge in [-0.05, 0) is 43.3 Å². The van der Waals surface area contributed by atoms with E-state index in [9.17, 15) is 13.2 Å². The molecule has 2 rings (SSSR count). The molecule has 0 aromatic heterocycles. The monoisotopic (exact) mass is 390 g/mol. The molecule has 0 bridgehead atoms. The van der Waals surface area contributed by atoms with E-state index in [0.717, 1.165) is 17.0 Å². The Hall–Kier alpha value is -1.37. The van der Waals surface area contributed by atoms with Gasteiger partial charge in [-0.2, -0.15) is 13.2 Å². The van der Waals surface area contributed by atoms with Crippen molar-refractivity contribution in [2.45, 2.75) is 24.1 Å². The van der Waals surface area contributed by atoms with Gasteiger partial charge in [0.1, 0.15) is 18.5 Å². The first-order valence-electron chi connectivity index (χ1n) is 7.69. The highest BCUT2D eigenvalue weighted by Crippen LogP contribution is 2.30. The summed E-state index contributed by atoms with van der Waals surface area (Å²) in [6.07, 6.45) is -4.55. The van der Waals surface area contributed by atoms with Gasteiger partial charge in [0.2, 0.25) is 0 Å². The molecule has 0 aliphatic heterocycles. The largest absolute Gasteiger partial charge is 0.491 e. The number of thioether (sulfide) groups is 1. The van der Waals surface area contributed by atoms with Crippen LogP contribution in [0, 0.1) is 0 Å². The maximum absolute atomic E-state index is 12.6. The van der Waals surface area contributed by atoms with Crippen LogP contribution < -0.4 is 4.74 Å². The average Bonchev–Trinajstić information content (AvgIpc) is 2.58. The predicted molar refractivity (Wildman–Crippen MR) is 94.5 cm³/mol. The van der Waals surface area contributed by atoms with Gasteiger partial charge in [0.05, 0.1) is 10.6 Å². The van der Waals surface area contributed by atoms with Crippen LogP contribution in [0.15, 0.2) is 53.4 Å². The standard InChI is InChI=1S/C18H18ClF3O2S/c1-2-23-15(12-25-17-6-4-3-5-16(17)19)11-24-14-9-7-13(8-10-14)18(20,21)22/h3-10,15H,2,11-12H2,1H3. The summed E-state index contributed by atoms with van der Waals surface area (Å²) in [5.41, 5.74) is -0.699. The van der Waals surface area contributed by atoms with E-state index in [4.69, 9.17) is 21.1 Å². The minimum atomic E-state index is -4.35. The Morgan fingerprint density at radius 3 is 2.36 bits per heavy atom. The van der Waals surface area contributed by atoms with Crippen molar-refractivity contribution in [1.82, 2.24) is 0 Å². The molecule has 0 saturated carbocycles. The summed E-state index contributed by atoms with van der Waals surface area (Å²) in [6.45, 7) is 2.64. The van der Waals surface area contributed by atoms with E-state index in [-0.39, 0.29) is 12.7 Å². The molecule has 2 nitrogen and oxygen atoms in total. The van der Waals surface area contributed by atoms with Crippen molar-refractivity contribution in [3.8, 4) is 5.75 Å². The first kappa shape index (κ1) is 19.9. The van der Waals surface area contributed by atoms with Gasteiger partial charge in [0.15, 0.2) is 0 Å². The highest BCUT2D eigenvalue weighted by Gasteiger charge is 2.30. The Balaban J connectivity index is 1.89. The van der Waals surface area contributed by atoms with Gasteiger partial charge < -0.3 is 9.47 Å². The molecule has 0 radical (unpaired) electrons. The lowest BCUT2D eigenvalue weighted by Crippen LogP contribution is -2.24. The number of hydrogen-bond acceptors (Lipinski definition) is 3. The van der Waals surface area contributed by atoms with E-state index in [2.05, 4.69) is 0 Å². The average molecular weight is 391 g/mol. The Labute approximate surface area is 154 Å². The fraction of sp³-hybridized carbons (Fsp3) is 0.333. The van der Waals surface area contributed by atoms with Crippen molar-refractivity contribution in [1.29, 1.82) is 0 Å². The highest BCUT2D eigenvalue weighted by molar-refractivity contribution is 7.99. The number of alkyl halides is 3. The normalized spacial score (nSPS) is 12.8. The number of halogens is 4. The summed E-state index contributed by atoms with van der Waals surface area (Å²) in [6, 6.07) is 12.1. The maximum Gasteiger partial charge on any atom is 0.416 e. The quantitative estimate of drug-likeness (QED) is 0.520. The minimum absolute atomic E-state index is 0.200. The molecule has 0 N–H and O–H groups in total. The van der Waals surface area contributed by atoms with Crippen LogP contribution in [0.4, 0.5) is 13.2 Å². The Bertz CT molecular complexity index is 662. The molecule has 2 aromatic carbocycles. The first-order valence-corrected chi connectivity index (χ1v) is 9.05. The lowest BCUT2D eigenvalue weighted by atomic mass is 10.2. The van der Waals surface area contributed by atoms with Gasteiger partial charge >= 0.3 is 6.18 Å². The fourth-order valence-corrected chi connectivity index (χ4v) is 3.29. The number of ether oxygens (including phenoxy) is 2. The molecule has 0 fully saturated rings. The van der Waals surface area contributed by atoms with E-state index in [0.29, 0.717) is 23.1 Å². The van der Waals surface area contributed by atoms with Gasteiger partial charge in [0.25, 0.3) is 0 Å². The van der Waals surface area contributed by atoms with Gasteiger partial charge in [0, 0.05) is 17.3 Å². The van der Waals surface area contributed by atoms with E-state index < -0.39 is 11.7 Å². The summed E-state index contributed by atoms with van der Waals surface area (Å²) in [7, 11) is 0. The molecule has 0 saturated heterocycles. The van der Waals surface area contributed by atoms with E-state index in [1.807, 2.05) is 31.2 Å². The number of hydrogen-bond donors (Lipinski definition) is 0. The van der Waals surface area contributed by atoms with Gasteiger partial charge in [-0.3, -0.25) is 0 Å². The molecular weight excluding hydrogens is 373 g/mol. The molecule has 2 aromatic rings. The fourth-order valence-electron chi connectivity index (χ4n) is 2.05. The summed E-state index contributed by atoms with van der Waals surface area (Å²) in [5, 5.41) is 0.673. The summed E-state index contributed by atoms with van der Waals surface area (Å²) < 4.78 is 48.9. The Kier molecular flexibility index (Phi) is 7.47. The molecular formula is C18H18ClF3O2S. The lowest BCUT2D eigenvalue weighted by molar-refractivity contribution is -0.137. The summed E-state index contributed by atoms with van der Waals surface area (Å²) in [5.74, 6) is 0.999. The van der Waals surface area contributed by atoms with E-state index in [1.165, 1.54) is 12.1 Å². The van der Waals surface area contributed by atoms with Crippen molar-refractivity contribution in [3.63, 3.8) is 0 Å². The first-order chi connectivity index (χ1) is 11.9. The van der Waals surface area contributed by atoms with Gasteiger partial charge in [-0.1, -0.05) is 23.7 Å². The molecule has 136 valence electrons. The Morgan fingerprint density at radius 2 is 1.76 bits per heavy atom. The highest BCUT2D eigenvalue weighted by atomic mass is 35.5. The molecule has 25 heavy (non-hydrogen) atoms. The molecule has 0 heterocycles. The zero-order chi connectivity index (χ0) is 18.3. The molecule has 0 aliphatic carbocycles. The van der Waals surface area contributed by atoms with Crippen LogP contribution in [-0.2, 0) is 10.9 Å². The maximum atomic E-state index is 12.6. The smallest absolute Gasteiger partial charge is 0.416 e. The van der Waals surface area contributed by atoms with Crippen LogP contribution in [0.1, 0.15) is 12.5 Å². The van der Waals surface area contributed by atoms with Crippen molar-refractivity contribution in [2.75, 3.05) is 19.0 Å². The molecule has 0 amide bonds. The van der Waals surface area contributed by atoms with Crippen molar-refractivity contribution >= 4 is 23.4 Å². The van der Waals surface area contributed by atoms with Crippen LogP contribution in [0.5, 0.6) is 5.75 Å². The predicted octanol–water partition coefficient (Wildman–Crippen LogP) is 5.94. The van der Waals surface area contributed by atoms with Crippen molar-refractivity contribution in [2.24, 2.45) is 0 Å². The third-order valence-corrected chi connectivity index (χ3v) is 4.93. The van der Waals surface area contributed by atoms with Crippen LogP contribution in [0.25, 0.3) is 0 Å². The zero-order valence-electron chi connectivity index (χ0n) is 13.6. The number of benzene rings is 2. The second kappa shape index (κ2) is 9.36. The van der Waals surface area contributed by atoms with Crippen LogP contribution >= 0.6 is 23.4 Å². The third-order valence-electron chi connectivity index (χ3n) is 3.28. The molecule has 0 spiro atoms. The third kappa shape index (κ3) is 6.45. The number of rotatable bonds is 8. The van der Waals surface area contributed by atoms with Gasteiger partial charge in [-0.25, -0.2) is 0 Å². The van der Waals surface area contributed by atoms with Crippen LogP contribution in [0.3, 0.4) is 0 Å². The second-order valence-corrected chi connectivity index (χ2v) is 6.62. The SMILES string of the molecule is CCOC(COc1ccc(C(F)(F)F)cc1)CSc1ccccc1Cl. The van der Waals surface area contributed by atoms with Crippen molar-refractivity contribution in [3.05, 3.63) is 59.1 Å². The van der Waals surface area contributed by atoms with E-state index >= 15 is 0 Å².